The number of ether oxygens (including phenoxy) is 1. The minimum atomic E-state index is -1.82. The second kappa shape index (κ2) is 13.3. The minimum absolute atomic E-state index is 0.0222. The molecule has 224 valence electrons. The zero-order chi connectivity index (χ0) is 31.1. The Kier molecular flexibility index (Phi) is 9.83. The van der Waals surface area contributed by atoms with E-state index in [4.69, 9.17) is 19.7 Å². The highest BCUT2D eigenvalue weighted by Gasteiger charge is 2.42. The monoisotopic (exact) mass is 615 g/mol. The summed E-state index contributed by atoms with van der Waals surface area (Å²) in [4.78, 5) is 34.8. The molecule has 8 nitrogen and oxygen atoms in total. The molecule has 2 atom stereocenters. The van der Waals surface area contributed by atoms with Crippen molar-refractivity contribution >= 4 is 42.7 Å². The van der Waals surface area contributed by atoms with Gasteiger partial charge in [-0.25, -0.2) is 14.6 Å². The average molecular weight is 616 g/mol. The van der Waals surface area contributed by atoms with Gasteiger partial charge >= 0.3 is 11.9 Å². The summed E-state index contributed by atoms with van der Waals surface area (Å²) in [6.07, 6.45) is 0.629. The quantitative estimate of drug-likeness (QED) is 0.0563. The molecule has 0 aliphatic carbocycles. The van der Waals surface area contributed by atoms with Gasteiger partial charge in [-0.05, 0) is 30.5 Å². The van der Waals surface area contributed by atoms with Crippen LogP contribution in [0, 0.1) is 0 Å². The Morgan fingerprint density at radius 1 is 0.953 bits per heavy atom. The van der Waals surface area contributed by atoms with Crippen molar-refractivity contribution in [2.24, 2.45) is 5.16 Å². The molecule has 1 heterocycles. The summed E-state index contributed by atoms with van der Waals surface area (Å²) in [5, 5.41) is 18.8. The van der Waals surface area contributed by atoms with E-state index in [2.05, 4.69) is 66.5 Å². The Hall–Kier alpha value is -4.28. The second-order valence-corrected chi connectivity index (χ2v) is 18.0. The van der Waals surface area contributed by atoms with Gasteiger partial charge in [-0.1, -0.05) is 116 Å². The topological polar surface area (TPSA) is 110 Å². The van der Waals surface area contributed by atoms with Crippen molar-refractivity contribution in [1.82, 2.24) is 4.98 Å². The standard InChI is InChI=1S/C33H37N3O5SSi/c1-24(43(3,4)5)40-30(39)32(2,41-34-22-29(37)38)21-28-23-42-31(35-28)36-33(25-15-9-6-10-16-25,26-17-11-7-12-18-26)27-19-13-8-14-20-27/h6-20,22-24H,21H2,1-5H3,(H,35,36)(H,37,38). The van der Waals surface area contributed by atoms with E-state index in [-0.39, 0.29) is 12.1 Å². The molecule has 0 saturated carbocycles. The third kappa shape index (κ3) is 7.57. The Morgan fingerprint density at radius 3 is 1.88 bits per heavy atom. The highest BCUT2D eigenvalue weighted by molar-refractivity contribution is 7.13. The normalized spacial score (nSPS) is 14.1. The SMILES string of the molecule is CC(OC(=O)C(C)(Cc1csc(NC(c2ccccc2)(c2ccccc2)c2ccccc2)n1)ON=CC(=O)O)[Si](C)(C)C. The highest BCUT2D eigenvalue weighted by atomic mass is 32.1. The smallest absolute Gasteiger partial charge is 0.353 e. The van der Waals surface area contributed by atoms with Crippen LogP contribution in [0.4, 0.5) is 5.13 Å². The van der Waals surface area contributed by atoms with Crippen LogP contribution >= 0.6 is 11.3 Å². The van der Waals surface area contributed by atoms with Crippen molar-refractivity contribution in [2.75, 3.05) is 5.32 Å². The fourth-order valence-electron chi connectivity index (χ4n) is 4.52. The zero-order valence-corrected chi connectivity index (χ0v) is 26.8. The Balaban J connectivity index is 1.72. The molecule has 4 rings (SSSR count). The third-order valence-corrected chi connectivity index (χ3v) is 10.7. The minimum Gasteiger partial charge on any atom is -0.477 e. The van der Waals surface area contributed by atoms with Crippen LogP contribution in [-0.2, 0) is 31.1 Å². The van der Waals surface area contributed by atoms with E-state index in [1.54, 1.807) is 6.92 Å². The van der Waals surface area contributed by atoms with Gasteiger partial charge in [-0.3, -0.25) is 0 Å². The van der Waals surface area contributed by atoms with E-state index in [0.717, 1.165) is 16.7 Å². The molecule has 0 aliphatic heterocycles. The maximum Gasteiger partial charge on any atom is 0.353 e. The summed E-state index contributed by atoms with van der Waals surface area (Å²) < 4.78 is 5.81. The van der Waals surface area contributed by atoms with E-state index < -0.39 is 31.2 Å². The van der Waals surface area contributed by atoms with Gasteiger partial charge in [0.15, 0.2) is 11.3 Å². The number of benzene rings is 3. The van der Waals surface area contributed by atoms with Crippen LogP contribution in [0.1, 0.15) is 36.2 Å². The molecule has 2 N–H and O–H groups in total. The van der Waals surface area contributed by atoms with E-state index in [1.807, 2.05) is 66.9 Å². The van der Waals surface area contributed by atoms with Gasteiger partial charge in [-0.15, -0.1) is 11.3 Å². The number of hydrogen-bond acceptors (Lipinski definition) is 8. The molecule has 0 radical (unpaired) electrons. The number of thiazole rings is 1. The van der Waals surface area contributed by atoms with Crippen molar-refractivity contribution in [2.45, 2.75) is 56.8 Å². The molecule has 0 amide bonds. The van der Waals surface area contributed by atoms with Crippen LogP contribution in [0.3, 0.4) is 0 Å². The summed E-state index contributed by atoms with van der Waals surface area (Å²) in [6, 6.07) is 30.6. The molecule has 43 heavy (non-hydrogen) atoms. The third-order valence-electron chi connectivity index (χ3n) is 7.34. The van der Waals surface area contributed by atoms with Crippen molar-refractivity contribution in [1.29, 1.82) is 0 Å². The molecule has 0 aliphatic rings. The number of hydrogen-bond donors (Lipinski definition) is 2. The number of rotatable bonds is 13. The number of anilines is 1. The molecule has 1 aromatic heterocycles. The predicted molar refractivity (Wildman–Crippen MR) is 173 cm³/mol. The molecule has 10 heteroatoms. The predicted octanol–water partition coefficient (Wildman–Crippen LogP) is 6.74. The number of esters is 1. The molecule has 4 aromatic rings. The van der Waals surface area contributed by atoms with Gasteiger partial charge < -0.3 is 20.0 Å². The highest BCUT2D eigenvalue weighted by Crippen LogP contribution is 2.40. The van der Waals surface area contributed by atoms with Gasteiger partial charge in [0, 0.05) is 11.8 Å². The first-order valence-corrected chi connectivity index (χ1v) is 18.4. The lowest BCUT2D eigenvalue weighted by atomic mass is 9.77. The maximum absolute atomic E-state index is 13.4. The summed E-state index contributed by atoms with van der Waals surface area (Å²) in [5.74, 6) is -1.91. The van der Waals surface area contributed by atoms with Crippen LogP contribution in [0.5, 0.6) is 0 Å². The number of carboxylic acid groups (broad SMARTS) is 1. The van der Waals surface area contributed by atoms with Gasteiger partial charge in [0.2, 0.25) is 5.60 Å². The zero-order valence-electron chi connectivity index (χ0n) is 25.0. The Bertz CT molecular complexity index is 1440. The molecule has 0 saturated heterocycles. The molecule has 3 aromatic carbocycles. The van der Waals surface area contributed by atoms with E-state index in [9.17, 15) is 9.59 Å². The van der Waals surface area contributed by atoms with Crippen LogP contribution in [-0.4, -0.2) is 47.6 Å². The number of carbonyl (C=O) groups excluding carboxylic acids is 1. The second-order valence-electron chi connectivity index (χ2n) is 11.6. The van der Waals surface area contributed by atoms with Crippen LogP contribution in [0.15, 0.2) is 102 Å². The number of aromatic nitrogens is 1. The first kappa shape index (κ1) is 31.6. The van der Waals surface area contributed by atoms with Crippen molar-refractivity contribution < 1.29 is 24.3 Å². The van der Waals surface area contributed by atoms with Crippen LogP contribution in [0.25, 0.3) is 0 Å². The summed E-state index contributed by atoms with van der Waals surface area (Å²) in [6.45, 7) is 9.71. The molecule has 2 unspecified atom stereocenters. The molecule has 0 bridgehead atoms. The van der Waals surface area contributed by atoms with Crippen molar-refractivity contribution in [3.63, 3.8) is 0 Å². The van der Waals surface area contributed by atoms with Gasteiger partial charge in [0.25, 0.3) is 0 Å². The molecule has 0 spiro atoms. The van der Waals surface area contributed by atoms with E-state index >= 15 is 0 Å². The maximum atomic E-state index is 13.4. The lowest BCUT2D eigenvalue weighted by Gasteiger charge is -2.36. The molecular formula is C33H37N3O5SSi. The van der Waals surface area contributed by atoms with Gasteiger partial charge in [-0.2, -0.15) is 0 Å². The van der Waals surface area contributed by atoms with E-state index in [1.165, 1.54) is 11.3 Å². The number of oxime groups is 1. The number of nitrogens with one attached hydrogen (secondary N) is 1. The summed E-state index contributed by atoms with van der Waals surface area (Å²) in [7, 11) is -1.82. The average Bonchev–Trinajstić information content (AvgIpc) is 3.42. The molecule has 0 fully saturated rings. The summed E-state index contributed by atoms with van der Waals surface area (Å²) >= 11 is 1.40. The fraction of sp³-hybridized carbons (Fsp3) is 0.273. The van der Waals surface area contributed by atoms with Crippen LogP contribution in [0.2, 0.25) is 19.6 Å². The van der Waals surface area contributed by atoms with Crippen molar-refractivity contribution in [3.8, 4) is 0 Å². The number of nitrogens with zero attached hydrogens (tertiary/aromatic N) is 2. The lowest BCUT2D eigenvalue weighted by molar-refractivity contribution is -0.172. The van der Waals surface area contributed by atoms with Crippen molar-refractivity contribution in [3.05, 3.63) is 119 Å². The summed E-state index contributed by atoms with van der Waals surface area (Å²) in [5.41, 5.74) is 1.01. The number of carbonyl (C=O) groups is 2. The molecular weight excluding hydrogens is 579 g/mol. The van der Waals surface area contributed by atoms with Crippen LogP contribution < -0.4 is 5.32 Å². The van der Waals surface area contributed by atoms with Gasteiger partial charge in [0.05, 0.1) is 19.5 Å². The first-order chi connectivity index (χ1) is 20.4. The first-order valence-electron chi connectivity index (χ1n) is 14.0. The Morgan fingerprint density at radius 2 is 1.44 bits per heavy atom. The number of aliphatic carboxylic acids is 1. The number of carboxylic acids is 1. The van der Waals surface area contributed by atoms with Gasteiger partial charge in [0.1, 0.15) is 5.54 Å². The fourth-order valence-corrected chi connectivity index (χ4v) is 5.75. The Labute approximate surface area is 257 Å². The lowest BCUT2D eigenvalue weighted by Crippen LogP contribution is -2.47. The van der Waals surface area contributed by atoms with E-state index in [0.29, 0.717) is 17.0 Å². The largest absolute Gasteiger partial charge is 0.477 e.